The average Bonchev–Trinajstić information content (AvgIpc) is 3.16. The van der Waals surface area contributed by atoms with Gasteiger partial charge >= 0.3 is 0 Å². The molecule has 0 fully saturated rings. The van der Waals surface area contributed by atoms with Crippen LogP contribution in [0.3, 0.4) is 0 Å². The van der Waals surface area contributed by atoms with Crippen LogP contribution in [0.5, 0.6) is 5.75 Å². The van der Waals surface area contributed by atoms with Crippen molar-refractivity contribution in [3.8, 4) is 5.75 Å². The van der Waals surface area contributed by atoms with Crippen LogP contribution in [-0.2, 0) is 4.79 Å². The molecule has 5 heteroatoms. The molecule has 0 radical (unpaired) electrons. The molecule has 1 aromatic heterocycles. The lowest BCUT2D eigenvalue weighted by Gasteiger charge is -2.19. The van der Waals surface area contributed by atoms with Crippen LogP contribution in [0, 0.1) is 5.82 Å². The number of nitrogens with zero attached hydrogens (tertiary/aromatic N) is 1. The van der Waals surface area contributed by atoms with Crippen molar-refractivity contribution in [2.24, 2.45) is 0 Å². The maximum atomic E-state index is 13.6. The van der Waals surface area contributed by atoms with E-state index in [9.17, 15) is 9.18 Å². The number of carbonyl (C=O) groups excluding carboxylic acids is 1. The molecule has 0 aliphatic heterocycles. The van der Waals surface area contributed by atoms with E-state index < -0.39 is 0 Å². The molecule has 3 rings (SSSR count). The van der Waals surface area contributed by atoms with Crippen molar-refractivity contribution in [3.63, 3.8) is 0 Å². The molecule has 1 unspecified atom stereocenters. The van der Waals surface area contributed by atoms with Crippen LogP contribution in [-0.4, -0.2) is 17.1 Å². The molecule has 26 heavy (non-hydrogen) atoms. The Morgan fingerprint density at radius 2 is 1.85 bits per heavy atom. The number of nitrogens with one attached hydrogen (secondary N) is 1. The van der Waals surface area contributed by atoms with Gasteiger partial charge < -0.3 is 14.6 Å². The fourth-order valence-corrected chi connectivity index (χ4v) is 2.85. The number of aromatic nitrogens is 1. The first-order valence-electron chi connectivity index (χ1n) is 8.56. The maximum absolute atomic E-state index is 13.6. The first-order valence-corrected chi connectivity index (χ1v) is 8.56. The van der Waals surface area contributed by atoms with Crippen molar-refractivity contribution in [3.05, 3.63) is 84.4 Å². The van der Waals surface area contributed by atoms with Gasteiger partial charge in [0.05, 0.1) is 19.1 Å². The van der Waals surface area contributed by atoms with E-state index >= 15 is 0 Å². The minimum atomic E-state index is -0.313. The second-order valence-corrected chi connectivity index (χ2v) is 5.91. The van der Waals surface area contributed by atoms with E-state index in [1.54, 1.807) is 18.2 Å². The summed E-state index contributed by atoms with van der Waals surface area (Å²) in [5.41, 5.74) is 1.45. The molecule has 1 amide bonds. The van der Waals surface area contributed by atoms with Gasteiger partial charge in [-0.1, -0.05) is 12.1 Å². The van der Waals surface area contributed by atoms with Gasteiger partial charge in [0.15, 0.2) is 0 Å². The number of hydrogen-bond acceptors (Lipinski definition) is 2. The van der Waals surface area contributed by atoms with Crippen molar-refractivity contribution >= 4 is 11.6 Å². The summed E-state index contributed by atoms with van der Waals surface area (Å²) in [5, 5.41) is 2.89. The van der Waals surface area contributed by atoms with Gasteiger partial charge in [0.25, 0.3) is 0 Å². The Balaban J connectivity index is 1.73. The van der Waals surface area contributed by atoms with Crippen molar-refractivity contribution in [2.75, 3.05) is 11.9 Å². The predicted octanol–water partition coefficient (Wildman–Crippen LogP) is 4.64. The summed E-state index contributed by atoms with van der Waals surface area (Å²) in [7, 11) is 0. The normalized spacial score (nSPS) is 11.8. The highest BCUT2D eigenvalue weighted by Crippen LogP contribution is 2.24. The Bertz CT molecular complexity index is 845. The molecule has 2 aromatic carbocycles. The fourth-order valence-electron chi connectivity index (χ4n) is 2.85. The summed E-state index contributed by atoms with van der Waals surface area (Å²) in [5.74, 6) is 0.305. The van der Waals surface area contributed by atoms with Crippen LogP contribution in [0.25, 0.3) is 0 Å². The monoisotopic (exact) mass is 352 g/mol. The summed E-state index contributed by atoms with van der Waals surface area (Å²) in [6.07, 6.45) is 3.95. The molecular weight excluding hydrogens is 331 g/mol. The van der Waals surface area contributed by atoms with Gasteiger partial charge in [0.1, 0.15) is 11.6 Å². The number of hydrogen-bond donors (Lipinski definition) is 1. The molecule has 0 aliphatic rings. The van der Waals surface area contributed by atoms with Crippen molar-refractivity contribution in [1.29, 1.82) is 0 Å². The molecule has 4 nitrogen and oxygen atoms in total. The zero-order valence-electron chi connectivity index (χ0n) is 14.6. The summed E-state index contributed by atoms with van der Waals surface area (Å²) in [6, 6.07) is 17.1. The van der Waals surface area contributed by atoms with Crippen LogP contribution in [0.15, 0.2) is 73.1 Å². The van der Waals surface area contributed by atoms with Gasteiger partial charge in [0.2, 0.25) is 5.91 Å². The molecule has 0 aliphatic carbocycles. The minimum Gasteiger partial charge on any atom is -0.494 e. The Kier molecular flexibility index (Phi) is 5.69. The number of anilines is 1. The van der Waals surface area contributed by atoms with Crippen LogP contribution in [0.1, 0.15) is 24.9 Å². The molecule has 0 spiro atoms. The fraction of sp³-hybridized carbons (Fsp3) is 0.190. The number of carbonyl (C=O) groups is 1. The third-order valence-corrected chi connectivity index (χ3v) is 4.05. The Labute approximate surface area is 152 Å². The Morgan fingerprint density at radius 3 is 2.50 bits per heavy atom. The third-order valence-electron chi connectivity index (χ3n) is 4.05. The van der Waals surface area contributed by atoms with E-state index in [0.29, 0.717) is 12.3 Å². The molecule has 0 saturated heterocycles. The first kappa shape index (κ1) is 17.7. The number of amides is 1. The summed E-state index contributed by atoms with van der Waals surface area (Å²) >= 11 is 0. The first-order chi connectivity index (χ1) is 12.7. The molecule has 0 bridgehead atoms. The Hall–Kier alpha value is -3.08. The third kappa shape index (κ3) is 4.51. The van der Waals surface area contributed by atoms with E-state index in [4.69, 9.17) is 4.74 Å². The van der Waals surface area contributed by atoms with Gasteiger partial charge in [-0.15, -0.1) is 0 Å². The summed E-state index contributed by atoms with van der Waals surface area (Å²) in [6.45, 7) is 2.52. The predicted molar refractivity (Wildman–Crippen MR) is 99.8 cm³/mol. The van der Waals surface area contributed by atoms with Crippen molar-refractivity contribution < 1.29 is 13.9 Å². The van der Waals surface area contributed by atoms with Gasteiger partial charge in [-0.3, -0.25) is 4.79 Å². The lowest BCUT2D eigenvalue weighted by atomic mass is 10.0. The van der Waals surface area contributed by atoms with Crippen LogP contribution < -0.4 is 10.1 Å². The number of ether oxygens (including phenoxy) is 1. The highest BCUT2D eigenvalue weighted by atomic mass is 19.1. The lowest BCUT2D eigenvalue weighted by Crippen LogP contribution is -2.19. The van der Waals surface area contributed by atoms with Gasteiger partial charge in [0, 0.05) is 18.1 Å². The molecule has 1 heterocycles. The quantitative estimate of drug-likeness (QED) is 0.673. The zero-order chi connectivity index (χ0) is 18.4. The number of rotatable bonds is 7. The van der Waals surface area contributed by atoms with Crippen LogP contribution >= 0.6 is 0 Å². The second-order valence-electron chi connectivity index (χ2n) is 5.91. The van der Waals surface area contributed by atoms with Gasteiger partial charge in [-0.25, -0.2) is 4.39 Å². The van der Waals surface area contributed by atoms with E-state index in [1.807, 2.05) is 54.2 Å². The van der Waals surface area contributed by atoms with Crippen molar-refractivity contribution in [2.45, 2.75) is 19.4 Å². The van der Waals surface area contributed by atoms with E-state index in [2.05, 4.69) is 5.32 Å². The molecule has 0 saturated carbocycles. The molecule has 3 aromatic rings. The SMILES string of the molecule is CCOc1ccc(NC(=O)CC(c2cccc(F)c2)n2cccc2)cc1. The molecule has 1 N–H and O–H groups in total. The van der Waals surface area contributed by atoms with Gasteiger partial charge in [-0.05, 0) is 61.0 Å². The topological polar surface area (TPSA) is 43.3 Å². The summed E-state index contributed by atoms with van der Waals surface area (Å²) in [4.78, 5) is 12.5. The zero-order valence-corrected chi connectivity index (χ0v) is 14.6. The standard InChI is InChI=1S/C21H21FN2O2/c1-2-26-19-10-8-18(9-11-19)23-21(25)15-20(24-12-3-4-13-24)16-6-5-7-17(22)14-16/h3-14,20H,2,15H2,1H3,(H,23,25). The average molecular weight is 352 g/mol. The van der Waals surface area contributed by atoms with Gasteiger partial charge in [-0.2, -0.15) is 0 Å². The van der Waals surface area contributed by atoms with E-state index in [0.717, 1.165) is 11.3 Å². The largest absolute Gasteiger partial charge is 0.494 e. The smallest absolute Gasteiger partial charge is 0.226 e. The van der Waals surface area contributed by atoms with Crippen LogP contribution in [0.2, 0.25) is 0 Å². The highest BCUT2D eigenvalue weighted by molar-refractivity contribution is 5.91. The molecular formula is C21H21FN2O2. The number of halogens is 1. The van der Waals surface area contributed by atoms with E-state index in [-0.39, 0.29) is 24.2 Å². The lowest BCUT2D eigenvalue weighted by molar-refractivity contribution is -0.116. The highest BCUT2D eigenvalue weighted by Gasteiger charge is 2.18. The van der Waals surface area contributed by atoms with Crippen LogP contribution in [0.4, 0.5) is 10.1 Å². The molecule has 1 atom stereocenters. The second kappa shape index (κ2) is 8.34. The number of benzene rings is 2. The van der Waals surface area contributed by atoms with E-state index in [1.165, 1.54) is 12.1 Å². The maximum Gasteiger partial charge on any atom is 0.226 e. The minimum absolute atomic E-state index is 0.142. The Morgan fingerprint density at radius 1 is 1.12 bits per heavy atom. The summed E-state index contributed by atoms with van der Waals surface area (Å²) < 4.78 is 20.9. The van der Waals surface area contributed by atoms with Crippen molar-refractivity contribution in [1.82, 2.24) is 4.57 Å². The molecule has 134 valence electrons.